The molecule has 0 aromatic heterocycles. The molecule has 2 fully saturated rings. The molecule has 3 atom stereocenters. The number of carbonyl (C=O) groups is 2. The van der Waals surface area contributed by atoms with Gasteiger partial charge in [0.15, 0.2) is 0 Å². The van der Waals surface area contributed by atoms with Gasteiger partial charge in [-0.2, -0.15) is 0 Å². The number of fused-ring (bicyclic) bond motifs is 1. The second kappa shape index (κ2) is 13.9. The van der Waals surface area contributed by atoms with Crippen LogP contribution in [0.2, 0.25) is 0 Å². The Kier molecular flexibility index (Phi) is 9.85. The van der Waals surface area contributed by atoms with E-state index in [9.17, 15) is 9.59 Å². The van der Waals surface area contributed by atoms with Crippen molar-refractivity contribution in [3.8, 4) is 0 Å². The van der Waals surface area contributed by atoms with Gasteiger partial charge >= 0.3 is 0 Å². The summed E-state index contributed by atoms with van der Waals surface area (Å²) < 4.78 is 0. The summed E-state index contributed by atoms with van der Waals surface area (Å²) in [7, 11) is 0. The Bertz CT molecular complexity index is 1260. The average molecular weight is 541 g/mol. The van der Waals surface area contributed by atoms with Crippen LogP contribution >= 0.6 is 0 Å². The van der Waals surface area contributed by atoms with E-state index in [1.54, 1.807) is 0 Å². The Labute approximate surface area is 239 Å². The predicted molar refractivity (Wildman–Crippen MR) is 163 cm³/mol. The number of carbonyl (C=O) groups excluding carboxylic acids is 2. The van der Waals surface area contributed by atoms with Gasteiger partial charge in [-0.3, -0.25) is 9.59 Å². The van der Waals surface area contributed by atoms with Gasteiger partial charge in [0.2, 0.25) is 5.91 Å². The van der Waals surface area contributed by atoms with Crippen LogP contribution in [-0.2, 0) is 4.79 Å². The zero-order valence-electron chi connectivity index (χ0n) is 23.9. The van der Waals surface area contributed by atoms with Crippen LogP contribution in [0, 0.1) is 0 Å². The maximum absolute atomic E-state index is 13.9. The summed E-state index contributed by atoms with van der Waals surface area (Å²) in [6.45, 7) is 7.33. The Balaban J connectivity index is 1.25. The van der Waals surface area contributed by atoms with Gasteiger partial charge in [0, 0.05) is 43.7 Å². The molecule has 6 nitrogen and oxygen atoms in total. The highest BCUT2D eigenvalue weighted by molar-refractivity contribution is 5.98. The van der Waals surface area contributed by atoms with Gasteiger partial charge in [0.25, 0.3) is 5.91 Å². The van der Waals surface area contributed by atoms with Crippen molar-refractivity contribution in [2.24, 2.45) is 0 Å². The Hall–Kier alpha value is -3.22. The molecule has 2 heterocycles. The third-order valence-electron chi connectivity index (χ3n) is 8.70. The average Bonchev–Trinajstić information content (AvgIpc) is 3.16. The van der Waals surface area contributed by atoms with E-state index < -0.39 is 0 Å². The molecule has 3 aromatic carbocycles. The quantitative estimate of drug-likeness (QED) is 0.371. The molecule has 212 valence electrons. The second-order valence-corrected chi connectivity index (χ2v) is 11.5. The molecule has 5 rings (SSSR count). The first-order valence-electron chi connectivity index (χ1n) is 15.2. The van der Waals surface area contributed by atoms with E-state index in [2.05, 4.69) is 57.7 Å². The van der Waals surface area contributed by atoms with Crippen LogP contribution in [0.25, 0.3) is 10.8 Å². The lowest BCUT2D eigenvalue weighted by Crippen LogP contribution is -2.50. The molecule has 40 heavy (non-hydrogen) atoms. The van der Waals surface area contributed by atoms with Gasteiger partial charge in [-0.15, -0.1) is 0 Å². The van der Waals surface area contributed by atoms with Crippen LogP contribution in [-0.4, -0.2) is 73.0 Å². The number of benzene rings is 3. The van der Waals surface area contributed by atoms with Gasteiger partial charge in [0.05, 0.1) is 6.04 Å². The number of hydrogen-bond acceptors (Lipinski definition) is 4. The van der Waals surface area contributed by atoms with Gasteiger partial charge in [-0.05, 0) is 73.7 Å². The zero-order chi connectivity index (χ0) is 27.7. The molecule has 3 aromatic rings. The summed E-state index contributed by atoms with van der Waals surface area (Å²) in [4.78, 5) is 31.6. The lowest BCUT2D eigenvalue weighted by atomic mass is 9.95. The fourth-order valence-corrected chi connectivity index (χ4v) is 6.24. The molecule has 2 saturated heterocycles. The fraction of sp³-hybridized carbons (Fsp3) is 0.471. The molecule has 2 aliphatic rings. The molecule has 0 bridgehead atoms. The molecular weight excluding hydrogens is 496 g/mol. The molecule has 0 unspecified atom stereocenters. The van der Waals surface area contributed by atoms with Crippen molar-refractivity contribution in [1.29, 1.82) is 0 Å². The number of piperidine rings is 1. The Morgan fingerprint density at radius 3 is 2.48 bits per heavy atom. The SMILES string of the molecule is CC[C@H](CN1CC[C@@H](CNC(=O)c2ccc3ccccc3c2)N[C@@H](CCN2CCCCC2)C1=O)c1ccccc1. The summed E-state index contributed by atoms with van der Waals surface area (Å²) in [6.07, 6.45) is 6.40. The maximum Gasteiger partial charge on any atom is 0.251 e. The van der Waals surface area contributed by atoms with Crippen molar-refractivity contribution >= 4 is 22.6 Å². The van der Waals surface area contributed by atoms with E-state index in [0.717, 1.165) is 56.2 Å². The van der Waals surface area contributed by atoms with E-state index in [-0.39, 0.29) is 23.9 Å². The van der Waals surface area contributed by atoms with Crippen LogP contribution < -0.4 is 10.6 Å². The van der Waals surface area contributed by atoms with Crippen molar-refractivity contribution in [2.45, 2.75) is 63.5 Å². The number of amides is 2. The van der Waals surface area contributed by atoms with Crippen LogP contribution in [0.15, 0.2) is 72.8 Å². The number of hydrogen-bond donors (Lipinski definition) is 2. The van der Waals surface area contributed by atoms with E-state index in [1.165, 1.54) is 24.8 Å². The van der Waals surface area contributed by atoms with Crippen LogP contribution in [0.1, 0.15) is 67.3 Å². The van der Waals surface area contributed by atoms with E-state index in [4.69, 9.17) is 0 Å². The standard InChI is InChI=1S/C34H44N4O2/c1-2-26(27-11-5-3-6-12-27)25-38-22-17-31(36-32(34(38)40)18-21-37-19-9-4-10-20-37)24-35-33(39)30-16-15-28-13-7-8-14-29(28)23-30/h3,5-8,11-16,23,26,31-32,36H,2,4,9-10,17-22,24-25H2,1H3,(H,35,39)/t26-,31+,32+/m1/s1. The fourth-order valence-electron chi connectivity index (χ4n) is 6.24. The first kappa shape index (κ1) is 28.3. The van der Waals surface area contributed by atoms with Crippen LogP contribution in [0.4, 0.5) is 0 Å². The molecular formula is C34H44N4O2. The van der Waals surface area contributed by atoms with Crippen molar-refractivity contribution in [1.82, 2.24) is 20.4 Å². The normalized spacial score (nSPS) is 21.2. The van der Waals surface area contributed by atoms with Crippen LogP contribution in [0.3, 0.4) is 0 Å². The summed E-state index contributed by atoms with van der Waals surface area (Å²) in [5, 5.41) is 9.01. The maximum atomic E-state index is 13.9. The zero-order valence-corrected chi connectivity index (χ0v) is 23.9. The highest BCUT2D eigenvalue weighted by Crippen LogP contribution is 2.23. The minimum Gasteiger partial charge on any atom is -0.350 e. The largest absolute Gasteiger partial charge is 0.350 e. The molecule has 2 N–H and O–H groups in total. The van der Waals surface area contributed by atoms with Crippen molar-refractivity contribution in [2.75, 3.05) is 39.3 Å². The highest BCUT2D eigenvalue weighted by atomic mass is 16.2. The lowest BCUT2D eigenvalue weighted by molar-refractivity contribution is -0.133. The molecule has 0 radical (unpaired) electrons. The number of likely N-dealkylation sites (tertiary alicyclic amines) is 1. The van der Waals surface area contributed by atoms with Crippen molar-refractivity contribution < 1.29 is 9.59 Å². The number of nitrogens with one attached hydrogen (secondary N) is 2. The Morgan fingerprint density at radius 2 is 1.70 bits per heavy atom. The van der Waals surface area contributed by atoms with Gasteiger partial charge in [0.1, 0.15) is 0 Å². The minimum absolute atomic E-state index is 0.0431. The molecule has 0 aliphatic carbocycles. The summed E-state index contributed by atoms with van der Waals surface area (Å²) in [5.41, 5.74) is 1.96. The summed E-state index contributed by atoms with van der Waals surface area (Å²) in [5.74, 6) is 0.451. The predicted octanol–water partition coefficient (Wildman–Crippen LogP) is 5.20. The first-order valence-corrected chi connectivity index (χ1v) is 15.2. The molecule has 2 aliphatic heterocycles. The monoisotopic (exact) mass is 540 g/mol. The third kappa shape index (κ3) is 7.29. The van der Waals surface area contributed by atoms with Crippen LogP contribution in [0.5, 0.6) is 0 Å². The number of nitrogens with zero attached hydrogens (tertiary/aromatic N) is 2. The first-order chi connectivity index (χ1) is 19.6. The van der Waals surface area contributed by atoms with Crippen molar-refractivity contribution in [3.05, 3.63) is 83.9 Å². The van der Waals surface area contributed by atoms with Gasteiger partial charge in [-0.1, -0.05) is 74.0 Å². The van der Waals surface area contributed by atoms with E-state index in [1.807, 2.05) is 42.5 Å². The minimum atomic E-state index is -0.236. The number of rotatable bonds is 10. The van der Waals surface area contributed by atoms with E-state index in [0.29, 0.717) is 24.6 Å². The smallest absolute Gasteiger partial charge is 0.251 e. The highest BCUT2D eigenvalue weighted by Gasteiger charge is 2.32. The van der Waals surface area contributed by atoms with Crippen molar-refractivity contribution in [3.63, 3.8) is 0 Å². The van der Waals surface area contributed by atoms with Gasteiger partial charge in [-0.25, -0.2) is 0 Å². The molecule has 0 spiro atoms. The summed E-state index contributed by atoms with van der Waals surface area (Å²) >= 11 is 0. The lowest BCUT2D eigenvalue weighted by Gasteiger charge is -2.31. The topological polar surface area (TPSA) is 64.7 Å². The second-order valence-electron chi connectivity index (χ2n) is 11.5. The van der Waals surface area contributed by atoms with Gasteiger partial charge < -0.3 is 20.4 Å². The third-order valence-corrected chi connectivity index (χ3v) is 8.70. The molecule has 0 saturated carbocycles. The molecule has 2 amide bonds. The van der Waals surface area contributed by atoms with E-state index >= 15 is 0 Å². The Morgan fingerprint density at radius 1 is 0.950 bits per heavy atom. The molecule has 6 heteroatoms. The summed E-state index contributed by atoms with van der Waals surface area (Å²) in [6, 6.07) is 24.3.